The quantitative estimate of drug-likeness (QED) is 0.400. The molecule has 2 atom stereocenters. The number of carbonyl (C=O) groups excluding carboxylic acids is 2. The molecular formula is C28H34N2O5. The fourth-order valence-corrected chi connectivity index (χ4v) is 4.23. The second kappa shape index (κ2) is 12.2. The lowest BCUT2D eigenvalue weighted by atomic mass is 9.98. The minimum Gasteiger partial charge on any atom is -0.480 e. The van der Waals surface area contributed by atoms with Crippen LogP contribution in [0.25, 0.3) is 11.1 Å². The van der Waals surface area contributed by atoms with Crippen molar-refractivity contribution in [3.05, 3.63) is 71.3 Å². The molecule has 0 heterocycles. The Hall–Kier alpha value is -3.61. The molecule has 0 fully saturated rings. The van der Waals surface area contributed by atoms with Gasteiger partial charge in [-0.05, 0) is 54.9 Å². The first kappa shape index (κ1) is 26.0. The average molecular weight is 479 g/mol. The van der Waals surface area contributed by atoms with Crippen molar-refractivity contribution in [3.8, 4) is 11.1 Å². The first-order valence-electron chi connectivity index (χ1n) is 12.0. The van der Waals surface area contributed by atoms with Crippen LogP contribution in [0.5, 0.6) is 0 Å². The first-order chi connectivity index (χ1) is 16.8. The van der Waals surface area contributed by atoms with Crippen LogP contribution in [0.1, 0.15) is 57.1 Å². The number of aliphatic carboxylic acids is 1. The van der Waals surface area contributed by atoms with Gasteiger partial charge in [-0.15, -0.1) is 0 Å². The third kappa shape index (κ3) is 7.18. The van der Waals surface area contributed by atoms with Gasteiger partial charge in [-0.1, -0.05) is 67.1 Å². The molecule has 186 valence electrons. The van der Waals surface area contributed by atoms with E-state index in [0.717, 1.165) is 16.7 Å². The number of rotatable bonds is 11. The fourth-order valence-electron chi connectivity index (χ4n) is 4.23. The number of carbonyl (C=O) groups is 3. The van der Waals surface area contributed by atoms with E-state index in [9.17, 15) is 19.5 Å². The summed E-state index contributed by atoms with van der Waals surface area (Å²) in [4.78, 5) is 35.9. The summed E-state index contributed by atoms with van der Waals surface area (Å²) in [7, 11) is 0. The normalized spacial score (nSPS) is 13.7. The van der Waals surface area contributed by atoms with E-state index in [1.54, 1.807) is 6.08 Å². The SMILES string of the molecule is CC(C)=CCC(NC(=O)CCC(C)CNC(=O)OCC1c2ccccc2-c2ccccc21)C(=O)O. The standard InChI is InChI=1S/C28H34N2O5/c1-18(2)12-14-25(27(32)33)30-26(31)15-13-19(3)16-29-28(34)35-17-24-22-10-6-4-8-20(22)21-9-5-7-11-23(21)24/h4-12,19,24-25H,13-17H2,1-3H3,(H,29,34)(H,30,31)(H,32,33). The van der Waals surface area contributed by atoms with Gasteiger partial charge in [0.05, 0.1) is 0 Å². The predicted octanol–water partition coefficient (Wildman–Crippen LogP) is 4.87. The van der Waals surface area contributed by atoms with Crippen LogP contribution >= 0.6 is 0 Å². The molecule has 0 bridgehead atoms. The molecule has 0 saturated carbocycles. The first-order valence-corrected chi connectivity index (χ1v) is 12.0. The summed E-state index contributed by atoms with van der Waals surface area (Å²) in [5.74, 6) is -1.33. The number of carboxylic acids is 1. The zero-order valence-electron chi connectivity index (χ0n) is 20.5. The second-order valence-corrected chi connectivity index (χ2v) is 9.33. The van der Waals surface area contributed by atoms with Crippen molar-refractivity contribution >= 4 is 18.0 Å². The molecule has 7 nitrogen and oxygen atoms in total. The smallest absolute Gasteiger partial charge is 0.407 e. The molecule has 1 aliphatic carbocycles. The Morgan fingerprint density at radius 2 is 1.63 bits per heavy atom. The van der Waals surface area contributed by atoms with Crippen LogP contribution in [-0.2, 0) is 14.3 Å². The summed E-state index contributed by atoms with van der Waals surface area (Å²) < 4.78 is 5.54. The van der Waals surface area contributed by atoms with E-state index in [-0.39, 0.29) is 37.2 Å². The molecule has 1 aliphatic rings. The number of nitrogens with one attached hydrogen (secondary N) is 2. The highest BCUT2D eigenvalue weighted by atomic mass is 16.5. The van der Waals surface area contributed by atoms with Crippen molar-refractivity contribution in [2.24, 2.45) is 5.92 Å². The van der Waals surface area contributed by atoms with E-state index in [1.165, 1.54) is 11.1 Å². The van der Waals surface area contributed by atoms with Gasteiger partial charge < -0.3 is 20.5 Å². The van der Waals surface area contributed by atoms with E-state index in [0.29, 0.717) is 13.0 Å². The maximum atomic E-state index is 12.3. The van der Waals surface area contributed by atoms with Gasteiger partial charge in [0.25, 0.3) is 0 Å². The topological polar surface area (TPSA) is 105 Å². The van der Waals surface area contributed by atoms with Crippen molar-refractivity contribution < 1.29 is 24.2 Å². The molecular weight excluding hydrogens is 444 g/mol. The monoisotopic (exact) mass is 478 g/mol. The molecule has 35 heavy (non-hydrogen) atoms. The van der Waals surface area contributed by atoms with Gasteiger partial charge >= 0.3 is 12.1 Å². The third-order valence-corrected chi connectivity index (χ3v) is 6.20. The van der Waals surface area contributed by atoms with Gasteiger partial charge in [0.1, 0.15) is 12.6 Å². The van der Waals surface area contributed by atoms with Gasteiger partial charge in [-0.2, -0.15) is 0 Å². The van der Waals surface area contributed by atoms with Crippen molar-refractivity contribution in [2.75, 3.05) is 13.2 Å². The summed E-state index contributed by atoms with van der Waals surface area (Å²) in [6, 6.07) is 15.4. The van der Waals surface area contributed by atoms with Gasteiger partial charge in [0.15, 0.2) is 0 Å². The molecule has 2 amide bonds. The molecule has 7 heteroatoms. The van der Waals surface area contributed by atoms with E-state index in [2.05, 4.69) is 34.9 Å². The number of allylic oxidation sites excluding steroid dienone is 1. The summed E-state index contributed by atoms with van der Waals surface area (Å²) in [6.07, 6.45) is 2.26. The Balaban J connectivity index is 1.41. The van der Waals surface area contributed by atoms with E-state index in [4.69, 9.17) is 4.74 Å². The average Bonchev–Trinajstić information content (AvgIpc) is 3.16. The van der Waals surface area contributed by atoms with Gasteiger partial charge in [-0.3, -0.25) is 4.79 Å². The fraction of sp³-hybridized carbons (Fsp3) is 0.393. The lowest BCUT2D eigenvalue weighted by Crippen LogP contribution is -2.40. The third-order valence-electron chi connectivity index (χ3n) is 6.20. The van der Waals surface area contributed by atoms with Crippen molar-refractivity contribution in [3.63, 3.8) is 0 Å². The zero-order chi connectivity index (χ0) is 25.4. The summed E-state index contributed by atoms with van der Waals surface area (Å²) in [5, 5.41) is 14.6. The van der Waals surface area contributed by atoms with E-state index >= 15 is 0 Å². The predicted molar refractivity (Wildman–Crippen MR) is 135 cm³/mol. The van der Waals surface area contributed by atoms with Crippen LogP contribution in [0.4, 0.5) is 4.79 Å². The van der Waals surface area contributed by atoms with Crippen molar-refractivity contribution in [2.45, 2.75) is 52.0 Å². The summed E-state index contributed by atoms with van der Waals surface area (Å²) >= 11 is 0. The van der Waals surface area contributed by atoms with Gasteiger partial charge in [0.2, 0.25) is 5.91 Å². The maximum Gasteiger partial charge on any atom is 0.407 e. The number of alkyl carbamates (subject to hydrolysis) is 1. The second-order valence-electron chi connectivity index (χ2n) is 9.33. The Labute approximate surface area is 206 Å². The molecule has 0 aliphatic heterocycles. The molecule has 2 aromatic rings. The Morgan fingerprint density at radius 3 is 2.20 bits per heavy atom. The largest absolute Gasteiger partial charge is 0.480 e. The van der Waals surface area contributed by atoms with E-state index in [1.807, 2.05) is 45.0 Å². The number of carboxylic acid groups (broad SMARTS) is 1. The van der Waals surface area contributed by atoms with Crippen LogP contribution < -0.4 is 10.6 Å². The number of hydrogen-bond acceptors (Lipinski definition) is 4. The molecule has 0 radical (unpaired) electrons. The van der Waals surface area contributed by atoms with Crippen LogP contribution in [0.15, 0.2) is 60.2 Å². The lowest BCUT2D eigenvalue weighted by molar-refractivity contribution is -0.141. The van der Waals surface area contributed by atoms with Crippen molar-refractivity contribution in [1.82, 2.24) is 10.6 Å². The molecule has 2 unspecified atom stereocenters. The number of hydrogen-bond donors (Lipinski definition) is 3. The highest BCUT2D eigenvalue weighted by Gasteiger charge is 2.29. The minimum atomic E-state index is -1.05. The van der Waals surface area contributed by atoms with Crippen molar-refractivity contribution in [1.29, 1.82) is 0 Å². The molecule has 0 saturated heterocycles. The van der Waals surface area contributed by atoms with Crippen LogP contribution in [-0.4, -0.2) is 42.3 Å². The number of fused-ring (bicyclic) bond motifs is 3. The number of amides is 2. The molecule has 0 aromatic heterocycles. The summed E-state index contributed by atoms with van der Waals surface area (Å²) in [6.45, 7) is 6.30. The van der Waals surface area contributed by atoms with E-state index < -0.39 is 18.1 Å². The lowest BCUT2D eigenvalue weighted by Gasteiger charge is -2.17. The van der Waals surface area contributed by atoms with Crippen LogP contribution in [0, 0.1) is 5.92 Å². The molecule has 3 rings (SSSR count). The molecule has 3 N–H and O–H groups in total. The van der Waals surface area contributed by atoms with Gasteiger partial charge in [0, 0.05) is 18.9 Å². The Morgan fingerprint density at radius 1 is 1.03 bits per heavy atom. The highest BCUT2D eigenvalue weighted by molar-refractivity contribution is 5.83. The number of ether oxygens (including phenoxy) is 1. The highest BCUT2D eigenvalue weighted by Crippen LogP contribution is 2.44. The number of benzene rings is 2. The molecule has 2 aromatic carbocycles. The zero-order valence-corrected chi connectivity index (χ0v) is 20.5. The van der Waals surface area contributed by atoms with Gasteiger partial charge in [-0.25, -0.2) is 9.59 Å². The maximum absolute atomic E-state index is 12.3. The Bertz CT molecular complexity index is 1040. The van der Waals surface area contributed by atoms with Crippen LogP contribution in [0.3, 0.4) is 0 Å². The minimum absolute atomic E-state index is 0.00258. The van der Waals surface area contributed by atoms with Crippen LogP contribution in [0.2, 0.25) is 0 Å². The summed E-state index contributed by atoms with van der Waals surface area (Å²) in [5.41, 5.74) is 5.67. The molecule has 0 spiro atoms. The Kier molecular flexibility index (Phi) is 9.06.